The van der Waals surface area contributed by atoms with Crippen molar-refractivity contribution in [1.29, 1.82) is 0 Å². The van der Waals surface area contributed by atoms with Gasteiger partial charge in [-0.25, -0.2) is 0 Å². The third-order valence-corrected chi connectivity index (χ3v) is 4.53. The Bertz CT molecular complexity index is 611. The molecule has 0 spiro atoms. The zero-order chi connectivity index (χ0) is 19.1. The summed E-state index contributed by atoms with van der Waals surface area (Å²) in [4.78, 5) is 14.0. The molecule has 0 unspecified atom stereocenters. The maximum absolute atomic E-state index is 12.5. The number of likely N-dealkylation sites (N-methyl/N-ethyl adjacent to an activating group) is 1. The lowest BCUT2D eigenvalue weighted by atomic mass is 9.80. The zero-order valence-electron chi connectivity index (χ0n) is 16.0. The normalized spacial score (nSPS) is 22.3. The molecule has 2 rings (SSSR count). The van der Waals surface area contributed by atoms with Crippen molar-refractivity contribution >= 4 is 5.91 Å². The fourth-order valence-electron chi connectivity index (χ4n) is 3.18. The monoisotopic (exact) mass is 363 g/mol. The van der Waals surface area contributed by atoms with Crippen molar-refractivity contribution in [2.45, 2.75) is 32.0 Å². The van der Waals surface area contributed by atoms with E-state index in [1.54, 1.807) is 21.2 Å². The van der Waals surface area contributed by atoms with Crippen LogP contribution in [0.2, 0.25) is 0 Å². The van der Waals surface area contributed by atoms with Gasteiger partial charge in [-0.2, -0.15) is 0 Å². The number of amides is 1. The van der Waals surface area contributed by atoms with Crippen molar-refractivity contribution in [1.82, 2.24) is 4.90 Å². The molecule has 6 nitrogen and oxygen atoms in total. The van der Waals surface area contributed by atoms with E-state index in [1.807, 2.05) is 37.3 Å². The Morgan fingerprint density at radius 2 is 1.96 bits per heavy atom. The Kier molecular flexibility index (Phi) is 7.48. The van der Waals surface area contributed by atoms with Gasteiger partial charge in [0.05, 0.1) is 7.11 Å². The Balaban J connectivity index is 2.42. The third kappa shape index (κ3) is 4.77. The first kappa shape index (κ1) is 20.3. The summed E-state index contributed by atoms with van der Waals surface area (Å²) in [5.74, 6) is 0.858. The number of ether oxygens (including phenoxy) is 3. The van der Waals surface area contributed by atoms with Crippen molar-refractivity contribution in [3.63, 3.8) is 0 Å². The number of carbonyl (C=O) groups is 1. The predicted molar refractivity (Wildman–Crippen MR) is 98.8 cm³/mol. The van der Waals surface area contributed by atoms with E-state index < -0.39 is 6.29 Å². The maximum Gasteiger partial charge on any atom is 0.288 e. The number of aliphatic hydroxyl groups excluding tert-OH is 1. The molecular formula is C20H29NO5. The molecule has 144 valence electrons. The van der Waals surface area contributed by atoms with Gasteiger partial charge in [0.2, 0.25) is 6.29 Å². The number of nitrogens with zero attached hydrogens (tertiary/aromatic N) is 1. The SMILES string of the molecule is CCO[C@H]1OC(C(=O)N(C)C)=C[C@@H](c2ccc(OC)cc2)[C@H]1CCCO. The fraction of sp³-hybridized carbons (Fsp3) is 0.550. The number of hydrogen-bond acceptors (Lipinski definition) is 5. The van der Waals surface area contributed by atoms with Crippen LogP contribution >= 0.6 is 0 Å². The molecule has 6 heteroatoms. The summed E-state index contributed by atoms with van der Waals surface area (Å²) in [7, 11) is 5.03. The van der Waals surface area contributed by atoms with E-state index in [9.17, 15) is 9.90 Å². The molecule has 1 aliphatic heterocycles. The zero-order valence-corrected chi connectivity index (χ0v) is 16.0. The van der Waals surface area contributed by atoms with Crippen molar-refractivity contribution in [3.8, 4) is 5.75 Å². The molecule has 1 aromatic carbocycles. The number of hydrogen-bond donors (Lipinski definition) is 1. The van der Waals surface area contributed by atoms with E-state index in [0.717, 1.165) is 17.7 Å². The van der Waals surface area contributed by atoms with Crippen LogP contribution in [0.25, 0.3) is 0 Å². The minimum absolute atomic E-state index is 0.00853. The molecule has 3 atom stereocenters. The molecule has 0 saturated carbocycles. The van der Waals surface area contributed by atoms with Crippen LogP contribution in [0, 0.1) is 5.92 Å². The average molecular weight is 363 g/mol. The van der Waals surface area contributed by atoms with E-state index in [4.69, 9.17) is 14.2 Å². The van der Waals surface area contributed by atoms with Gasteiger partial charge >= 0.3 is 0 Å². The van der Waals surface area contributed by atoms with E-state index in [-0.39, 0.29) is 24.3 Å². The van der Waals surface area contributed by atoms with E-state index in [2.05, 4.69) is 0 Å². The van der Waals surface area contributed by atoms with Gasteiger partial charge in [-0.05, 0) is 43.5 Å². The molecule has 1 heterocycles. The molecule has 0 aromatic heterocycles. The Morgan fingerprint density at radius 1 is 1.27 bits per heavy atom. The van der Waals surface area contributed by atoms with Crippen molar-refractivity contribution < 1.29 is 24.1 Å². The lowest BCUT2D eigenvalue weighted by Gasteiger charge is -2.37. The highest BCUT2D eigenvalue weighted by atomic mass is 16.7. The molecule has 0 saturated heterocycles. The minimum Gasteiger partial charge on any atom is -0.497 e. The standard InChI is InChI=1S/C20H29NO5/c1-5-25-20-16(7-6-12-22)17(13-18(26-20)19(23)21(2)3)14-8-10-15(24-4)11-9-14/h8-11,13,16-17,20,22H,5-7,12H2,1-4H3/t16-,17+,20+/m1/s1. The summed E-state index contributed by atoms with van der Waals surface area (Å²) in [6.07, 6.45) is 2.73. The number of benzene rings is 1. The topological polar surface area (TPSA) is 68.2 Å². The maximum atomic E-state index is 12.5. The Morgan fingerprint density at radius 3 is 2.50 bits per heavy atom. The molecule has 1 amide bonds. The number of allylic oxidation sites excluding steroid dienone is 1. The Labute approximate surface area is 155 Å². The summed E-state index contributed by atoms with van der Waals surface area (Å²) in [5.41, 5.74) is 1.06. The molecule has 1 N–H and O–H groups in total. The van der Waals surface area contributed by atoms with Crippen LogP contribution in [0.4, 0.5) is 0 Å². The highest BCUT2D eigenvalue weighted by Crippen LogP contribution is 2.40. The second-order valence-electron chi connectivity index (χ2n) is 6.50. The molecule has 0 aliphatic carbocycles. The van der Waals surface area contributed by atoms with Gasteiger partial charge in [-0.1, -0.05) is 12.1 Å². The molecule has 1 aliphatic rings. The lowest BCUT2D eigenvalue weighted by molar-refractivity contribution is -0.169. The van der Waals surface area contributed by atoms with Gasteiger partial charge in [0.15, 0.2) is 5.76 Å². The highest BCUT2D eigenvalue weighted by Gasteiger charge is 2.38. The van der Waals surface area contributed by atoms with Crippen LogP contribution in [0.1, 0.15) is 31.2 Å². The molecule has 1 aromatic rings. The molecular weight excluding hydrogens is 334 g/mol. The summed E-state index contributed by atoms with van der Waals surface area (Å²) in [6, 6.07) is 7.81. The average Bonchev–Trinajstić information content (AvgIpc) is 2.66. The molecule has 0 fully saturated rings. The van der Waals surface area contributed by atoms with Crippen molar-refractivity contribution in [3.05, 3.63) is 41.7 Å². The predicted octanol–water partition coefficient (Wildman–Crippen LogP) is 2.53. The van der Waals surface area contributed by atoms with Crippen LogP contribution in [0.5, 0.6) is 5.75 Å². The summed E-state index contributed by atoms with van der Waals surface area (Å²) < 4.78 is 16.9. The van der Waals surface area contributed by atoms with Crippen LogP contribution < -0.4 is 4.74 Å². The number of methoxy groups -OCH3 is 1. The first-order valence-corrected chi connectivity index (χ1v) is 8.98. The van der Waals surface area contributed by atoms with Gasteiger partial charge < -0.3 is 24.2 Å². The van der Waals surface area contributed by atoms with Crippen LogP contribution in [0.3, 0.4) is 0 Å². The van der Waals surface area contributed by atoms with E-state index in [1.165, 1.54) is 4.90 Å². The smallest absolute Gasteiger partial charge is 0.288 e. The van der Waals surface area contributed by atoms with Gasteiger partial charge in [0.1, 0.15) is 5.75 Å². The van der Waals surface area contributed by atoms with Gasteiger partial charge in [-0.15, -0.1) is 0 Å². The molecule has 0 bridgehead atoms. The van der Waals surface area contributed by atoms with Crippen LogP contribution in [0.15, 0.2) is 36.1 Å². The molecule has 0 radical (unpaired) electrons. The second-order valence-corrected chi connectivity index (χ2v) is 6.50. The first-order valence-electron chi connectivity index (χ1n) is 8.98. The van der Waals surface area contributed by atoms with Gasteiger partial charge in [0.25, 0.3) is 5.91 Å². The van der Waals surface area contributed by atoms with Crippen LogP contribution in [-0.2, 0) is 14.3 Å². The second kappa shape index (κ2) is 9.59. The highest BCUT2D eigenvalue weighted by molar-refractivity contribution is 5.91. The lowest BCUT2D eigenvalue weighted by Crippen LogP contribution is -2.38. The van der Waals surface area contributed by atoms with Crippen LogP contribution in [-0.4, -0.2) is 56.6 Å². The van der Waals surface area contributed by atoms with E-state index >= 15 is 0 Å². The number of aliphatic hydroxyl groups is 1. The Hall–Kier alpha value is -2.05. The van der Waals surface area contributed by atoms with Crippen molar-refractivity contribution in [2.24, 2.45) is 5.92 Å². The summed E-state index contributed by atoms with van der Waals surface area (Å²) >= 11 is 0. The fourth-order valence-corrected chi connectivity index (χ4v) is 3.18. The molecule has 26 heavy (non-hydrogen) atoms. The summed E-state index contributed by atoms with van der Waals surface area (Å²) in [6.45, 7) is 2.50. The third-order valence-electron chi connectivity index (χ3n) is 4.53. The van der Waals surface area contributed by atoms with Crippen molar-refractivity contribution in [2.75, 3.05) is 34.4 Å². The first-order chi connectivity index (χ1) is 12.5. The van der Waals surface area contributed by atoms with E-state index in [0.29, 0.717) is 18.8 Å². The van der Waals surface area contributed by atoms with Gasteiger partial charge in [-0.3, -0.25) is 4.79 Å². The largest absolute Gasteiger partial charge is 0.497 e. The number of carbonyl (C=O) groups excluding carboxylic acids is 1. The number of rotatable bonds is 8. The minimum atomic E-state index is -0.525. The van der Waals surface area contributed by atoms with Gasteiger partial charge in [0, 0.05) is 39.1 Å². The quantitative estimate of drug-likeness (QED) is 0.769. The summed E-state index contributed by atoms with van der Waals surface area (Å²) in [5, 5.41) is 9.28.